The number of hydrogen-bond acceptors (Lipinski definition) is 3. The predicted molar refractivity (Wildman–Crippen MR) is 97.6 cm³/mol. The van der Waals surface area contributed by atoms with Gasteiger partial charge in [-0.05, 0) is 30.2 Å². The van der Waals surface area contributed by atoms with Gasteiger partial charge in [-0.25, -0.2) is 0 Å². The second-order valence-corrected chi connectivity index (χ2v) is 5.89. The number of rotatable bonds is 8. The van der Waals surface area contributed by atoms with Gasteiger partial charge in [0.2, 0.25) is 0 Å². The van der Waals surface area contributed by atoms with Crippen molar-refractivity contribution in [2.75, 3.05) is 13.1 Å². The smallest absolute Gasteiger partial charge is 0.251 e. The van der Waals surface area contributed by atoms with Crippen LogP contribution in [0.4, 0.5) is 0 Å². The van der Waals surface area contributed by atoms with Crippen molar-refractivity contribution in [3.8, 4) is 0 Å². The van der Waals surface area contributed by atoms with Crippen molar-refractivity contribution >= 4 is 11.8 Å². The van der Waals surface area contributed by atoms with Crippen molar-refractivity contribution in [3.63, 3.8) is 0 Å². The molecule has 0 aromatic heterocycles. The van der Waals surface area contributed by atoms with E-state index in [0.29, 0.717) is 24.1 Å². The summed E-state index contributed by atoms with van der Waals surface area (Å²) in [6.45, 7) is 2.73. The lowest BCUT2D eigenvalue weighted by molar-refractivity contribution is 0.0916. The molecule has 0 unspecified atom stereocenters. The van der Waals surface area contributed by atoms with Crippen LogP contribution < -0.4 is 10.6 Å². The van der Waals surface area contributed by atoms with Gasteiger partial charge in [-0.3, -0.25) is 9.59 Å². The SMILES string of the molecule is CCCNC(=O)c1cccc(C(=O)NC[C@H](O)Cc2ccccc2)c1. The fourth-order valence-electron chi connectivity index (χ4n) is 2.41. The van der Waals surface area contributed by atoms with Crippen LogP contribution in [0, 0.1) is 0 Å². The van der Waals surface area contributed by atoms with E-state index in [2.05, 4.69) is 10.6 Å². The molecule has 0 aliphatic rings. The van der Waals surface area contributed by atoms with E-state index in [0.717, 1.165) is 12.0 Å². The molecule has 0 fully saturated rings. The number of carbonyl (C=O) groups excluding carboxylic acids is 2. The Morgan fingerprint density at radius 3 is 2.24 bits per heavy atom. The molecular weight excluding hydrogens is 316 g/mol. The molecule has 5 heteroatoms. The fraction of sp³-hybridized carbons (Fsp3) is 0.300. The highest BCUT2D eigenvalue weighted by molar-refractivity contribution is 5.99. The summed E-state index contributed by atoms with van der Waals surface area (Å²) in [5, 5.41) is 15.5. The van der Waals surface area contributed by atoms with Crippen molar-refractivity contribution in [1.29, 1.82) is 0 Å². The number of aliphatic hydroxyl groups excluding tert-OH is 1. The van der Waals surface area contributed by atoms with E-state index < -0.39 is 6.10 Å². The van der Waals surface area contributed by atoms with Gasteiger partial charge in [0.05, 0.1) is 6.10 Å². The molecule has 0 radical (unpaired) electrons. The Labute approximate surface area is 148 Å². The molecule has 1 atom stereocenters. The minimum Gasteiger partial charge on any atom is -0.391 e. The van der Waals surface area contributed by atoms with E-state index in [1.165, 1.54) is 0 Å². The van der Waals surface area contributed by atoms with Crippen LogP contribution in [0.25, 0.3) is 0 Å². The van der Waals surface area contributed by atoms with Crippen molar-refractivity contribution in [2.24, 2.45) is 0 Å². The first-order valence-electron chi connectivity index (χ1n) is 8.48. The first-order chi connectivity index (χ1) is 12.1. The molecule has 0 aliphatic heterocycles. The van der Waals surface area contributed by atoms with Crippen LogP contribution in [-0.4, -0.2) is 36.1 Å². The van der Waals surface area contributed by atoms with E-state index >= 15 is 0 Å². The van der Waals surface area contributed by atoms with Crippen LogP contribution in [0.3, 0.4) is 0 Å². The quantitative estimate of drug-likeness (QED) is 0.689. The molecule has 0 saturated carbocycles. The highest BCUT2D eigenvalue weighted by atomic mass is 16.3. The van der Waals surface area contributed by atoms with Gasteiger partial charge < -0.3 is 15.7 Å². The second kappa shape index (κ2) is 9.59. The molecule has 0 aliphatic carbocycles. The van der Waals surface area contributed by atoms with Crippen LogP contribution >= 0.6 is 0 Å². The minimum absolute atomic E-state index is 0.153. The summed E-state index contributed by atoms with van der Waals surface area (Å²) in [5.41, 5.74) is 1.86. The molecular formula is C20H24N2O3. The van der Waals surface area contributed by atoms with Gasteiger partial charge in [-0.15, -0.1) is 0 Å². The maximum absolute atomic E-state index is 12.2. The van der Waals surface area contributed by atoms with E-state index in [1.54, 1.807) is 24.3 Å². The third-order valence-corrected chi connectivity index (χ3v) is 3.73. The van der Waals surface area contributed by atoms with Gasteiger partial charge in [-0.1, -0.05) is 43.3 Å². The Morgan fingerprint density at radius 1 is 0.960 bits per heavy atom. The highest BCUT2D eigenvalue weighted by Gasteiger charge is 2.12. The van der Waals surface area contributed by atoms with Crippen LogP contribution in [0.5, 0.6) is 0 Å². The van der Waals surface area contributed by atoms with Gasteiger partial charge >= 0.3 is 0 Å². The highest BCUT2D eigenvalue weighted by Crippen LogP contribution is 2.06. The lowest BCUT2D eigenvalue weighted by atomic mass is 10.1. The third kappa shape index (κ3) is 6.04. The molecule has 0 bridgehead atoms. The molecule has 5 nitrogen and oxygen atoms in total. The molecule has 0 saturated heterocycles. The Morgan fingerprint density at radius 2 is 1.60 bits per heavy atom. The summed E-state index contributed by atoms with van der Waals surface area (Å²) in [4.78, 5) is 24.2. The van der Waals surface area contributed by atoms with E-state index in [-0.39, 0.29) is 18.4 Å². The van der Waals surface area contributed by atoms with E-state index in [9.17, 15) is 14.7 Å². The molecule has 25 heavy (non-hydrogen) atoms. The van der Waals surface area contributed by atoms with Crippen molar-refractivity contribution in [1.82, 2.24) is 10.6 Å². The monoisotopic (exact) mass is 340 g/mol. The summed E-state index contributed by atoms with van der Waals surface area (Å²) in [5.74, 6) is -0.502. The van der Waals surface area contributed by atoms with Crippen LogP contribution in [0.2, 0.25) is 0 Å². The fourth-order valence-corrected chi connectivity index (χ4v) is 2.41. The summed E-state index contributed by atoms with van der Waals surface area (Å²) < 4.78 is 0. The van der Waals surface area contributed by atoms with E-state index in [1.807, 2.05) is 37.3 Å². The molecule has 2 rings (SSSR count). The number of benzene rings is 2. The summed E-state index contributed by atoms with van der Waals surface area (Å²) >= 11 is 0. The average molecular weight is 340 g/mol. The normalized spacial score (nSPS) is 11.6. The van der Waals surface area contributed by atoms with Crippen LogP contribution in [-0.2, 0) is 6.42 Å². The number of nitrogens with one attached hydrogen (secondary N) is 2. The zero-order valence-corrected chi connectivity index (χ0v) is 14.4. The molecule has 3 N–H and O–H groups in total. The van der Waals surface area contributed by atoms with Crippen molar-refractivity contribution < 1.29 is 14.7 Å². The Balaban J connectivity index is 1.89. The van der Waals surface area contributed by atoms with Crippen LogP contribution in [0.15, 0.2) is 54.6 Å². The standard InChI is InChI=1S/C20H24N2O3/c1-2-11-21-19(24)16-9-6-10-17(13-16)20(25)22-14-18(23)12-15-7-4-3-5-8-15/h3-10,13,18,23H,2,11-12,14H2,1H3,(H,21,24)(H,22,25)/t18-/m1/s1. The van der Waals surface area contributed by atoms with Crippen LogP contribution in [0.1, 0.15) is 39.6 Å². The van der Waals surface area contributed by atoms with Crippen molar-refractivity contribution in [3.05, 3.63) is 71.3 Å². The molecule has 2 aromatic carbocycles. The lowest BCUT2D eigenvalue weighted by Crippen LogP contribution is -2.33. The first-order valence-corrected chi connectivity index (χ1v) is 8.48. The topological polar surface area (TPSA) is 78.4 Å². The maximum atomic E-state index is 12.2. The second-order valence-electron chi connectivity index (χ2n) is 5.89. The number of amides is 2. The lowest BCUT2D eigenvalue weighted by Gasteiger charge is -2.12. The van der Waals surface area contributed by atoms with E-state index in [4.69, 9.17) is 0 Å². The molecule has 132 valence electrons. The van der Waals surface area contributed by atoms with Gasteiger partial charge in [0.15, 0.2) is 0 Å². The van der Waals surface area contributed by atoms with Gasteiger partial charge in [0, 0.05) is 30.6 Å². The maximum Gasteiger partial charge on any atom is 0.251 e. The largest absolute Gasteiger partial charge is 0.391 e. The van der Waals surface area contributed by atoms with Gasteiger partial charge in [-0.2, -0.15) is 0 Å². The molecule has 0 heterocycles. The third-order valence-electron chi connectivity index (χ3n) is 3.73. The summed E-state index contributed by atoms with van der Waals surface area (Å²) in [6.07, 6.45) is 0.661. The van der Waals surface area contributed by atoms with Gasteiger partial charge in [0.25, 0.3) is 11.8 Å². The number of carbonyl (C=O) groups is 2. The van der Waals surface area contributed by atoms with Crippen molar-refractivity contribution in [2.45, 2.75) is 25.9 Å². The average Bonchev–Trinajstić information content (AvgIpc) is 2.65. The zero-order chi connectivity index (χ0) is 18.1. The first kappa shape index (κ1) is 18.7. The Hall–Kier alpha value is -2.66. The summed E-state index contributed by atoms with van der Waals surface area (Å²) in [6, 6.07) is 16.2. The Kier molecular flexibility index (Phi) is 7.16. The Bertz CT molecular complexity index is 701. The number of hydrogen-bond donors (Lipinski definition) is 3. The zero-order valence-electron chi connectivity index (χ0n) is 14.4. The molecule has 0 spiro atoms. The summed E-state index contributed by atoms with van der Waals surface area (Å²) in [7, 11) is 0. The molecule has 2 aromatic rings. The predicted octanol–water partition coefficient (Wildman–Crippen LogP) is 2.16. The minimum atomic E-state index is -0.664. The number of aliphatic hydroxyl groups is 1. The van der Waals surface area contributed by atoms with Gasteiger partial charge in [0.1, 0.15) is 0 Å². The molecule has 2 amide bonds.